The van der Waals surface area contributed by atoms with Gasteiger partial charge in [-0.2, -0.15) is 4.98 Å². The molecule has 4 aromatic rings. The van der Waals surface area contributed by atoms with Crippen molar-refractivity contribution >= 4 is 28.5 Å². The zero-order chi connectivity index (χ0) is 17.2. The first kappa shape index (κ1) is 15.4. The fourth-order valence-corrected chi connectivity index (χ4v) is 2.58. The molecular formula is C18H12ClN3O3. The number of fused-ring (bicyclic) bond motifs is 1. The van der Waals surface area contributed by atoms with Gasteiger partial charge in [0.1, 0.15) is 5.58 Å². The summed E-state index contributed by atoms with van der Waals surface area (Å²) in [5.41, 5.74) is 1.42. The zero-order valence-electron chi connectivity index (χ0n) is 12.9. The molecule has 25 heavy (non-hydrogen) atoms. The number of nitrogens with one attached hydrogen (secondary N) is 1. The number of carbonyl (C=O) groups excluding carboxylic acids is 1. The molecule has 0 aliphatic heterocycles. The number of hydrogen-bond acceptors (Lipinski definition) is 5. The van der Waals surface area contributed by atoms with Crippen LogP contribution in [0.15, 0.2) is 63.5 Å². The second kappa shape index (κ2) is 6.41. The number of carbonyl (C=O) groups is 1. The Morgan fingerprint density at radius 1 is 1.12 bits per heavy atom. The summed E-state index contributed by atoms with van der Waals surface area (Å²) in [4.78, 5) is 16.5. The van der Waals surface area contributed by atoms with Crippen LogP contribution >= 0.6 is 11.6 Å². The molecule has 0 spiro atoms. The average molecular weight is 354 g/mol. The van der Waals surface area contributed by atoms with E-state index in [1.165, 1.54) is 0 Å². The first-order chi connectivity index (χ1) is 12.2. The summed E-state index contributed by atoms with van der Waals surface area (Å²) in [6.45, 7) is 0.132. The number of nitrogens with zero attached hydrogens (tertiary/aromatic N) is 2. The molecule has 0 aliphatic rings. The minimum atomic E-state index is -0.363. The quantitative estimate of drug-likeness (QED) is 0.598. The molecule has 2 aromatic heterocycles. The molecule has 0 radical (unpaired) electrons. The highest BCUT2D eigenvalue weighted by molar-refractivity contribution is 6.31. The lowest BCUT2D eigenvalue weighted by Gasteiger charge is -1.98. The molecule has 0 unspecified atom stereocenters. The van der Waals surface area contributed by atoms with E-state index >= 15 is 0 Å². The summed E-state index contributed by atoms with van der Waals surface area (Å²) in [5.74, 6) is 0.622. The van der Waals surface area contributed by atoms with Gasteiger partial charge in [-0.05, 0) is 36.4 Å². The van der Waals surface area contributed by atoms with Crippen LogP contribution in [-0.4, -0.2) is 16.0 Å². The highest BCUT2D eigenvalue weighted by Crippen LogP contribution is 2.23. The van der Waals surface area contributed by atoms with Gasteiger partial charge in [-0.25, -0.2) is 0 Å². The predicted octanol–water partition coefficient (Wildman–Crippen LogP) is 4.07. The van der Waals surface area contributed by atoms with Crippen LogP contribution in [0.25, 0.3) is 22.4 Å². The van der Waals surface area contributed by atoms with Gasteiger partial charge in [0, 0.05) is 16.0 Å². The number of rotatable bonds is 4. The van der Waals surface area contributed by atoms with Crippen molar-refractivity contribution in [3.63, 3.8) is 0 Å². The number of amides is 1. The highest BCUT2D eigenvalue weighted by Gasteiger charge is 2.14. The lowest BCUT2D eigenvalue weighted by molar-refractivity contribution is 0.0924. The number of hydrogen-bond donors (Lipinski definition) is 1. The monoisotopic (exact) mass is 353 g/mol. The largest absolute Gasteiger partial charge is 0.451 e. The summed E-state index contributed by atoms with van der Waals surface area (Å²) >= 11 is 5.93. The molecule has 0 fully saturated rings. The van der Waals surface area contributed by atoms with Gasteiger partial charge in [0.05, 0.1) is 6.54 Å². The van der Waals surface area contributed by atoms with Gasteiger partial charge in [-0.15, -0.1) is 0 Å². The van der Waals surface area contributed by atoms with Gasteiger partial charge >= 0.3 is 0 Å². The predicted molar refractivity (Wildman–Crippen MR) is 92.1 cm³/mol. The number of benzene rings is 2. The van der Waals surface area contributed by atoms with Crippen LogP contribution in [0.5, 0.6) is 0 Å². The van der Waals surface area contributed by atoms with E-state index in [0.29, 0.717) is 22.3 Å². The van der Waals surface area contributed by atoms with Crippen molar-refractivity contribution in [2.75, 3.05) is 0 Å². The first-order valence-corrected chi connectivity index (χ1v) is 7.92. The Kier molecular flexibility index (Phi) is 3.95. The molecule has 124 valence electrons. The summed E-state index contributed by atoms with van der Waals surface area (Å²) in [5, 5.41) is 7.92. The molecule has 1 amide bonds. The van der Waals surface area contributed by atoms with Crippen LogP contribution in [-0.2, 0) is 6.54 Å². The summed E-state index contributed by atoms with van der Waals surface area (Å²) in [7, 11) is 0. The van der Waals surface area contributed by atoms with E-state index < -0.39 is 0 Å². The minimum absolute atomic E-state index is 0.132. The standard InChI is InChI=1S/C18H12ClN3O3/c19-13-6-7-14-12(8-13)9-15(24-14)17(23)20-10-16-21-18(25-22-16)11-4-2-1-3-5-11/h1-9H,10H2,(H,20,23). The van der Waals surface area contributed by atoms with Crippen molar-refractivity contribution < 1.29 is 13.7 Å². The summed E-state index contributed by atoms with van der Waals surface area (Å²) < 4.78 is 10.7. The van der Waals surface area contributed by atoms with E-state index in [4.69, 9.17) is 20.5 Å². The van der Waals surface area contributed by atoms with Gasteiger partial charge in [-0.3, -0.25) is 4.79 Å². The maximum atomic E-state index is 12.2. The molecule has 1 N–H and O–H groups in total. The Bertz CT molecular complexity index is 1040. The Morgan fingerprint density at radius 3 is 2.80 bits per heavy atom. The topological polar surface area (TPSA) is 81.2 Å². The summed E-state index contributed by atoms with van der Waals surface area (Å²) in [6, 6.07) is 16.2. The van der Waals surface area contributed by atoms with Crippen LogP contribution in [0.1, 0.15) is 16.4 Å². The van der Waals surface area contributed by atoms with E-state index in [9.17, 15) is 4.79 Å². The molecule has 0 saturated carbocycles. The Balaban J connectivity index is 1.45. The van der Waals surface area contributed by atoms with Gasteiger partial charge in [-0.1, -0.05) is 35.0 Å². The van der Waals surface area contributed by atoms with E-state index in [-0.39, 0.29) is 18.2 Å². The van der Waals surface area contributed by atoms with Crippen LogP contribution in [0, 0.1) is 0 Å². The molecule has 2 heterocycles. The van der Waals surface area contributed by atoms with Crippen LogP contribution in [0.3, 0.4) is 0 Å². The molecule has 0 saturated heterocycles. The lowest BCUT2D eigenvalue weighted by Crippen LogP contribution is -2.22. The molecule has 2 aromatic carbocycles. The zero-order valence-corrected chi connectivity index (χ0v) is 13.7. The fraction of sp³-hybridized carbons (Fsp3) is 0.0556. The number of halogens is 1. The fourth-order valence-electron chi connectivity index (χ4n) is 2.40. The molecule has 0 atom stereocenters. The van der Waals surface area contributed by atoms with Crippen LogP contribution < -0.4 is 5.32 Å². The molecule has 7 heteroatoms. The van der Waals surface area contributed by atoms with Gasteiger partial charge < -0.3 is 14.3 Å². The Morgan fingerprint density at radius 2 is 1.96 bits per heavy atom. The van der Waals surface area contributed by atoms with E-state index in [1.807, 2.05) is 30.3 Å². The van der Waals surface area contributed by atoms with E-state index in [2.05, 4.69) is 15.5 Å². The number of furan rings is 1. The first-order valence-electron chi connectivity index (χ1n) is 7.54. The second-order valence-corrected chi connectivity index (χ2v) is 5.79. The van der Waals surface area contributed by atoms with E-state index in [0.717, 1.165) is 10.9 Å². The van der Waals surface area contributed by atoms with Gasteiger partial charge in [0.2, 0.25) is 0 Å². The van der Waals surface area contributed by atoms with E-state index in [1.54, 1.807) is 24.3 Å². The van der Waals surface area contributed by atoms with Crippen molar-refractivity contribution in [3.8, 4) is 11.5 Å². The minimum Gasteiger partial charge on any atom is -0.451 e. The molecule has 6 nitrogen and oxygen atoms in total. The third-order valence-electron chi connectivity index (χ3n) is 3.60. The highest BCUT2D eigenvalue weighted by atomic mass is 35.5. The SMILES string of the molecule is O=C(NCc1noc(-c2ccccc2)n1)c1cc2cc(Cl)ccc2o1. The van der Waals surface area contributed by atoms with Crippen LogP contribution in [0.2, 0.25) is 5.02 Å². The van der Waals surface area contributed by atoms with Crippen molar-refractivity contribution in [1.82, 2.24) is 15.5 Å². The molecule has 0 bridgehead atoms. The molecular weight excluding hydrogens is 342 g/mol. The van der Waals surface area contributed by atoms with Crippen LogP contribution in [0.4, 0.5) is 0 Å². The Labute approximate surface area is 147 Å². The maximum Gasteiger partial charge on any atom is 0.287 e. The van der Waals surface area contributed by atoms with Crippen molar-refractivity contribution in [1.29, 1.82) is 0 Å². The second-order valence-electron chi connectivity index (χ2n) is 5.36. The van der Waals surface area contributed by atoms with Crippen molar-refractivity contribution in [2.45, 2.75) is 6.54 Å². The van der Waals surface area contributed by atoms with Crippen molar-refractivity contribution in [3.05, 3.63) is 71.2 Å². The Hall–Kier alpha value is -3.12. The third kappa shape index (κ3) is 3.25. The smallest absolute Gasteiger partial charge is 0.287 e. The van der Waals surface area contributed by atoms with Crippen molar-refractivity contribution in [2.24, 2.45) is 0 Å². The number of aromatic nitrogens is 2. The molecule has 4 rings (SSSR count). The molecule has 0 aliphatic carbocycles. The maximum absolute atomic E-state index is 12.2. The lowest BCUT2D eigenvalue weighted by atomic mass is 10.2. The van der Waals surface area contributed by atoms with Gasteiger partial charge in [0.25, 0.3) is 11.8 Å². The van der Waals surface area contributed by atoms with Gasteiger partial charge in [0.15, 0.2) is 11.6 Å². The average Bonchev–Trinajstić information content (AvgIpc) is 3.27. The normalized spacial score (nSPS) is 10.9. The summed E-state index contributed by atoms with van der Waals surface area (Å²) in [6.07, 6.45) is 0. The third-order valence-corrected chi connectivity index (χ3v) is 3.83.